The maximum absolute atomic E-state index is 10.9. The molecule has 0 fully saturated rings. The second-order valence-electron chi connectivity index (χ2n) is 3.77. The number of Topliss-reactive ketones (excluding diaryl/α,β-unsaturated/α-hetero) is 1. The summed E-state index contributed by atoms with van der Waals surface area (Å²) in [5, 5.41) is 3.74. The molecule has 0 amide bonds. The lowest BCUT2D eigenvalue weighted by Crippen LogP contribution is -2.12. The monoisotopic (exact) mass is 241 g/mol. The molecule has 0 atom stereocenters. The molecule has 0 aromatic heterocycles. The number of nitrogens with one attached hydrogen (secondary N) is 1. The van der Waals surface area contributed by atoms with E-state index in [1.165, 1.54) is 6.92 Å². The average molecular weight is 242 g/mol. The van der Waals surface area contributed by atoms with Gasteiger partial charge in [0.15, 0.2) is 0 Å². The Bertz CT molecular complexity index is 416. The third kappa shape index (κ3) is 2.67. The quantitative estimate of drug-likeness (QED) is 0.881. The van der Waals surface area contributed by atoms with Crippen LogP contribution >= 0.6 is 11.6 Å². The first kappa shape index (κ1) is 12.8. The van der Waals surface area contributed by atoms with Gasteiger partial charge in [-0.15, -0.1) is 0 Å². The largest absolute Gasteiger partial charge is 0.495 e. The minimum atomic E-state index is 0.0677. The van der Waals surface area contributed by atoms with Gasteiger partial charge >= 0.3 is 0 Å². The second kappa shape index (κ2) is 5.21. The lowest BCUT2D eigenvalue weighted by molar-refractivity contribution is -0.115. The molecular weight excluding hydrogens is 226 g/mol. The Morgan fingerprint density at radius 1 is 1.50 bits per heavy atom. The minimum absolute atomic E-state index is 0.0677. The van der Waals surface area contributed by atoms with Crippen molar-refractivity contribution in [1.29, 1.82) is 0 Å². The van der Waals surface area contributed by atoms with Crippen LogP contribution in [0.3, 0.4) is 0 Å². The van der Waals surface area contributed by atoms with Gasteiger partial charge < -0.3 is 10.1 Å². The lowest BCUT2D eigenvalue weighted by atomic mass is 10.1. The van der Waals surface area contributed by atoms with Crippen LogP contribution in [0.4, 0.5) is 5.69 Å². The summed E-state index contributed by atoms with van der Waals surface area (Å²) < 4.78 is 5.26. The van der Waals surface area contributed by atoms with Crippen LogP contribution < -0.4 is 10.1 Å². The van der Waals surface area contributed by atoms with Gasteiger partial charge in [0.2, 0.25) is 0 Å². The molecule has 0 radical (unpaired) electrons. The molecule has 0 bridgehead atoms. The van der Waals surface area contributed by atoms with Crippen molar-refractivity contribution in [2.45, 2.75) is 20.8 Å². The first-order valence-electron chi connectivity index (χ1n) is 5.04. The van der Waals surface area contributed by atoms with Crippen molar-refractivity contribution in [3.05, 3.63) is 22.2 Å². The van der Waals surface area contributed by atoms with Gasteiger partial charge in [-0.2, -0.15) is 0 Å². The van der Waals surface area contributed by atoms with E-state index in [1.54, 1.807) is 7.11 Å². The highest BCUT2D eigenvalue weighted by Gasteiger charge is 2.12. The van der Waals surface area contributed by atoms with E-state index < -0.39 is 0 Å². The molecule has 4 heteroatoms. The molecule has 0 saturated carbocycles. The zero-order chi connectivity index (χ0) is 12.3. The highest BCUT2D eigenvalue weighted by atomic mass is 35.5. The van der Waals surface area contributed by atoms with Crippen LogP contribution in [0, 0.1) is 13.8 Å². The van der Waals surface area contributed by atoms with Crippen LogP contribution in [-0.4, -0.2) is 19.4 Å². The molecule has 0 saturated heterocycles. The number of methoxy groups -OCH3 is 1. The Kier molecular flexibility index (Phi) is 4.19. The second-order valence-corrected chi connectivity index (χ2v) is 4.14. The standard InChI is InChI=1S/C12H16ClNO2/c1-7-5-10(16-4)12(9(3)11(7)13)14-6-8(2)15/h5,14H,6H2,1-4H3. The lowest BCUT2D eigenvalue weighted by Gasteiger charge is -2.15. The van der Waals surface area contributed by atoms with Crippen LogP contribution in [-0.2, 0) is 4.79 Å². The summed E-state index contributed by atoms with van der Waals surface area (Å²) in [6, 6.07) is 1.86. The Morgan fingerprint density at radius 3 is 2.62 bits per heavy atom. The van der Waals surface area contributed by atoms with Crippen molar-refractivity contribution in [3.8, 4) is 5.75 Å². The summed E-state index contributed by atoms with van der Waals surface area (Å²) in [7, 11) is 1.60. The molecule has 0 heterocycles. The first-order valence-corrected chi connectivity index (χ1v) is 5.42. The zero-order valence-electron chi connectivity index (χ0n) is 9.98. The summed E-state index contributed by atoms with van der Waals surface area (Å²) in [4.78, 5) is 10.9. The SMILES string of the molecule is COc1cc(C)c(Cl)c(C)c1NCC(C)=O. The van der Waals surface area contributed by atoms with E-state index in [1.807, 2.05) is 19.9 Å². The molecule has 0 aliphatic rings. The van der Waals surface area contributed by atoms with Crippen LogP contribution in [0.5, 0.6) is 5.75 Å². The van der Waals surface area contributed by atoms with E-state index in [-0.39, 0.29) is 12.3 Å². The van der Waals surface area contributed by atoms with Gasteiger partial charge in [0.1, 0.15) is 11.5 Å². The zero-order valence-corrected chi connectivity index (χ0v) is 10.7. The fourth-order valence-electron chi connectivity index (χ4n) is 1.52. The molecule has 88 valence electrons. The van der Waals surface area contributed by atoms with Crippen molar-refractivity contribution in [2.24, 2.45) is 0 Å². The average Bonchev–Trinajstić information content (AvgIpc) is 2.23. The van der Waals surface area contributed by atoms with E-state index in [2.05, 4.69) is 5.32 Å². The molecule has 1 aromatic rings. The third-order valence-corrected chi connectivity index (χ3v) is 2.96. The minimum Gasteiger partial charge on any atom is -0.495 e. The molecule has 0 aliphatic heterocycles. The Labute approximate surface area is 101 Å². The molecular formula is C12H16ClNO2. The van der Waals surface area contributed by atoms with Gasteiger partial charge in [0, 0.05) is 5.02 Å². The smallest absolute Gasteiger partial charge is 0.148 e. The van der Waals surface area contributed by atoms with E-state index in [9.17, 15) is 4.79 Å². The van der Waals surface area contributed by atoms with Gasteiger partial charge in [0.25, 0.3) is 0 Å². The summed E-state index contributed by atoms with van der Waals surface area (Å²) in [6.45, 7) is 5.63. The molecule has 1 rings (SSSR count). The van der Waals surface area contributed by atoms with E-state index in [0.29, 0.717) is 10.8 Å². The van der Waals surface area contributed by atoms with Crippen molar-refractivity contribution in [2.75, 3.05) is 19.0 Å². The van der Waals surface area contributed by atoms with Gasteiger partial charge in [-0.3, -0.25) is 4.79 Å². The van der Waals surface area contributed by atoms with Crippen LogP contribution in [0.1, 0.15) is 18.1 Å². The Morgan fingerprint density at radius 2 is 2.12 bits per heavy atom. The molecule has 1 N–H and O–H groups in total. The van der Waals surface area contributed by atoms with Gasteiger partial charge in [-0.05, 0) is 38.0 Å². The van der Waals surface area contributed by atoms with E-state index in [0.717, 1.165) is 16.8 Å². The molecule has 1 aromatic carbocycles. The number of halogens is 1. The van der Waals surface area contributed by atoms with E-state index >= 15 is 0 Å². The number of hydrogen-bond donors (Lipinski definition) is 1. The molecule has 3 nitrogen and oxygen atoms in total. The number of hydrogen-bond acceptors (Lipinski definition) is 3. The number of benzene rings is 1. The number of rotatable bonds is 4. The van der Waals surface area contributed by atoms with E-state index in [4.69, 9.17) is 16.3 Å². The molecule has 16 heavy (non-hydrogen) atoms. The summed E-state index contributed by atoms with van der Waals surface area (Å²) >= 11 is 6.15. The topological polar surface area (TPSA) is 38.3 Å². The van der Waals surface area contributed by atoms with Crippen molar-refractivity contribution >= 4 is 23.1 Å². The number of aryl methyl sites for hydroxylation is 1. The normalized spacial score (nSPS) is 10.1. The first-order chi connectivity index (χ1) is 7.47. The maximum Gasteiger partial charge on any atom is 0.148 e. The third-order valence-electron chi connectivity index (χ3n) is 2.38. The number of ether oxygens (including phenoxy) is 1. The predicted octanol–water partition coefficient (Wildman–Crippen LogP) is 2.97. The summed E-state index contributed by atoms with van der Waals surface area (Å²) in [6.07, 6.45) is 0. The molecule has 0 aliphatic carbocycles. The van der Waals surface area contributed by atoms with Crippen molar-refractivity contribution < 1.29 is 9.53 Å². The van der Waals surface area contributed by atoms with Crippen molar-refractivity contribution in [1.82, 2.24) is 0 Å². The van der Waals surface area contributed by atoms with Gasteiger partial charge in [-0.1, -0.05) is 11.6 Å². The van der Waals surface area contributed by atoms with Crippen molar-refractivity contribution in [3.63, 3.8) is 0 Å². The molecule has 0 spiro atoms. The number of carbonyl (C=O) groups excluding carboxylic acids is 1. The predicted molar refractivity (Wildman–Crippen MR) is 66.6 cm³/mol. The van der Waals surface area contributed by atoms with Crippen LogP contribution in [0.15, 0.2) is 6.07 Å². The van der Waals surface area contributed by atoms with Crippen LogP contribution in [0.25, 0.3) is 0 Å². The number of ketones is 1. The summed E-state index contributed by atoms with van der Waals surface area (Å²) in [5.74, 6) is 0.777. The highest BCUT2D eigenvalue weighted by Crippen LogP contribution is 2.35. The number of anilines is 1. The fourth-order valence-corrected chi connectivity index (χ4v) is 1.67. The summed E-state index contributed by atoms with van der Waals surface area (Å²) in [5.41, 5.74) is 2.65. The number of carbonyl (C=O) groups is 1. The van der Waals surface area contributed by atoms with Gasteiger partial charge in [-0.25, -0.2) is 0 Å². The highest BCUT2D eigenvalue weighted by molar-refractivity contribution is 6.32. The Balaban J connectivity index is 3.14. The van der Waals surface area contributed by atoms with Gasteiger partial charge in [0.05, 0.1) is 19.3 Å². The van der Waals surface area contributed by atoms with Crippen LogP contribution in [0.2, 0.25) is 5.02 Å². The Hall–Kier alpha value is -1.22. The fraction of sp³-hybridized carbons (Fsp3) is 0.417. The maximum atomic E-state index is 10.9. The molecule has 0 unspecified atom stereocenters.